The minimum Gasteiger partial charge on any atom is -0.497 e. The van der Waals surface area contributed by atoms with Crippen LogP contribution in [-0.4, -0.2) is 70.5 Å². The van der Waals surface area contributed by atoms with E-state index in [1.807, 2.05) is 7.05 Å². The van der Waals surface area contributed by atoms with Gasteiger partial charge in [0, 0.05) is 32.6 Å². The van der Waals surface area contributed by atoms with E-state index < -0.39 is 23.5 Å². The number of nitrogens with zero attached hydrogens (tertiary/aromatic N) is 4. The number of imidazole rings is 1. The summed E-state index contributed by atoms with van der Waals surface area (Å²) in [6, 6.07) is 4.24. The molecule has 34 heavy (non-hydrogen) atoms. The summed E-state index contributed by atoms with van der Waals surface area (Å²) in [6.07, 6.45) is 7.51. The normalized spacial score (nSPS) is 18.4. The molecular weight excluding hydrogens is 438 g/mol. The van der Waals surface area contributed by atoms with Crippen molar-refractivity contribution in [2.75, 3.05) is 27.8 Å². The first kappa shape index (κ1) is 23.6. The predicted molar refractivity (Wildman–Crippen MR) is 123 cm³/mol. The Balaban J connectivity index is 1.59. The van der Waals surface area contributed by atoms with Crippen LogP contribution in [0.2, 0.25) is 0 Å². The van der Waals surface area contributed by atoms with E-state index in [2.05, 4.69) is 10.3 Å². The van der Waals surface area contributed by atoms with Crippen LogP contribution in [-0.2, 0) is 16.6 Å². The van der Waals surface area contributed by atoms with Gasteiger partial charge in [-0.1, -0.05) is 19.3 Å². The average Bonchev–Trinajstić information content (AvgIpc) is 3.35. The average molecular weight is 470 g/mol. The summed E-state index contributed by atoms with van der Waals surface area (Å²) >= 11 is 0. The highest BCUT2D eigenvalue weighted by Crippen LogP contribution is 2.39. The van der Waals surface area contributed by atoms with Crippen LogP contribution in [0, 0.1) is 0 Å². The molecule has 1 saturated carbocycles. The zero-order valence-electron chi connectivity index (χ0n) is 20.0. The number of methoxy groups -OCH3 is 2. The van der Waals surface area contributed by atoms with E-state index in [1.165, 1.54) is 4.90 Å². The lowest BCUT2D eigenvalue weighted by atomic mass is 9.81. The number of aryl methyl sites for hydroxylation is 1. The van der Waals surface area contributed by atoms with Crippen molar-refractivity contribution in [2.24, 2.45) is 7.05 Å². The second-order valence-electron chi connectivity index (χ2n) is 8.87. The number of ether oxygens (including phenoxy) is 2. The number of hydrogen-bond donors (Lipinski definition) is 1. The number of aromatic nitrogens is 2. The third-order valence-corrected chi connectivity index (χ3v) is 6.91. The van der Waals surface area contributed by atoms with E-state index >= 15 is 0 Å². The van der Waals surface area contributed by atoms with Gasteiger partial charge in [0.25, 0.3) is 5.91 Å². The first-order chi connectivity index (χ1) is 16.3. The summed E-state index contributed by atoms with van der Waals surface area (Å²) < 4.78 is 12.6. The van der Waals surface area contributed by atoms with Crippen molar-refractivity contribution in [3.63, 3.8) is 0 Å². The molecule has 10 heteroatoms. The summed E-state index contributed by atoms with van der Waals surface area (Å²) in [5.41, 5.74) is -0.131. The number of carbonyl (C=O) groups is 3. The van der Waals surface area contributed by atoms with Gasteiger partial charge in [-0.3, -0.25) is 14.5 Å². The number of benzene rings is 1. The lowest BCUT2D eigenvalue weighted by Crippen LogP contribution is -2.49. The van der Waals surface area contributed by atoms with Crippen LogP contribution in [0.25, 0.3) is 0 Å². The Bertz CT molecular complexity index is 1070. The number of urea groups is 1. The molecule has 10 nitrogen and oxygen atoms in total. The Morgan fingerprint density at radius 2 is 1.74 bits per heavy atom. The van der Waals surface area contributed by atoms with Gasteiger partial charge in [-0.05, 0) is 30.5 Å². The van der Waals surface area contributed by atoms with Crippen LogP contribution in [0.3, 0.4) is 0 Å². The van der Waals surface area contributed by atoms with Crippen LogP contribution < -0.4 is 14.8 Å². The van der Waals surface area contributed by atoms with E-state index in [1.54, 1.807) is 56.4 Å². The van der Waals surface area contributed by atoms with Gasteiger partial charge in [-0.2, -0.15) is 0 Å². The summed E-state index contributed by atoms with van der Waals surface area (Å²) in [4.78, 5) is 46.4. The molecule has 1 unspecified atom stereocenters. The lowest BCUT2D eigenvalue weighted by molar-refractivity contribution is -0.137. The number of rotatable bonds is 7. The largest absolute Gasteiger partial charge is 0.497 e. The highest BCUT2D eigenvalue weighted by Gasteiger charge is 2.55. The SMILES string of the molecule is COc1cc(OC)cc(C(NC(=O)CN2C(=O)N(C)C3(CCCCC3)C2=O)c2nccn2C)c1. The molecule has 2 aromatic rings. The number of imide groups is 1. The van der Waals surface area contributed by atoms with Crippen molar-refractivity contribution < 1.29 is 23.9 Å². The molecule has 2 aliphatic rings. The lowest BCUT2D eigenvalue weighted by Gasteiger charge is -2.35. The summed E-state index contributed by atoms with van der Waals surface area (Å²) in [7, 11) is 6.58. The quantitative estimate of drug-likeness (QED) is 0.624. The molecule has 1 atom stereocenters. The first-order valence-corrected chi connectivity index (χ1v) is 11.4. The number of likely N-dealkylation sites (N-methyl/N-ethyl adjacent to an activating group) is 1. The second-order valence-corrected chi connectivity index (χ2v) is 8.87. The van der Waals surface area contributed by atoms with Crippen molar-refractivity contribution in [3.8, 4) is 11.5 Å². The van der Waals surface area contributed by atoms with Crippen LogP contribution in [0.15, 0.2) is 30.6 Å². The molecular formula is C24H31N5O5. The van der Waals surface area contributed by atoms with Crippen LogP contribution >= 0.6 is 0 Å². The van der Waals surface area contributed by atoms with Crippen LogP contribution in [0.5, 0.6) is 11.5 Å². The summed E-state index contributed by atoms with van der Waals surface area (Å²) in [6.45, 7) is -0.355. The third kappa shape index (κ3) is 4.08. The maximum absolute atomic E-state index is 13.3. The molecule has 1 aromatic carbocycles. The summed E-state index contributed by atoms with van der Waals surface area (Å²) in [5, 5.41) is 2.96. The van der Waals surface area contributed by atoms with Gasteiger partial charge in [0.2, 0.25) is 5.91 Å². The molecule has 2 fully saturated rings. The Morgan fingerprint density at radius 1 is 1.09 bits per heavy atom. The molecule has 182 valence electrons. The fraction of sp³-hybridized carbons (Fsp3) is 0.500. The maximum Gasteiger partial charge on any atom is 0.327 e. The number of hydrogen-bond acceptors (Lipinski definition) is 6. The van der Waals surface area contributed by atoms with Gasteiger partial charge >= 0.3 is 6.03 Å². The van der Waals surface area contributed by atoms with Crippen molar-refractivity contribution in [1.82, 2.24) is 24.7 Å². The molecule has 0 bridgehead atoms. The van der Waals surface area contributed by atoms with Crippen molar-refractivity contribution >= 4 is 17.8 Å². The number of nitrogens with one attached hydrogen (secondary N) is 1. The minimum atomic E-state index is -0.825. The van der Waals surface area contributed by atoms with Gasteiger partial charge in [0.05, 0.1) is 14.2 Å². The second kappa shape index (κ2) is 9.36. The molecule has 4 rings (SSSR count). The fourth-order valence-corrected chi connectivity index (χ4v) is 4.97. The van der Waals surface area contributed by atoms with Gasteiger partial charge in [-0.15, -0.1) is 0 Å². The highest BCUT2D eigenvalue weighted by atomic mass is 16.5. The first-order valence-electron chi connectivity index (χ1n) is 11.4. The van der Waals surface area contributed by atoms with E-state index in [9.17, 15) is 14.4 Å². The van der Waals surface area contributed by atoms with Gasteiger partial charge in [0.1, 0.15) is 35.4 Å². The molecule has 2 heterocycles. The molecule has 0 radical (unpaired) electrons. The zero-order chi connectivity index (χ0) is 24.5. The van der Waals surface area contributed by atoms with Crippen molar-refractivity contribution in [1.29, 1.82) is 0 Å². The maximum atomic E-state index is 13.3. The molecule has 1 aromatic heterocycles. The topological polar surface area (TPSA) is 106 Å². The molecule has 1 aliphatic carbocycles. The van der Waals surface area contributed by atoms with Crippen molar-refractivity contribution in [3.05, 3.63) is 42.0 Å². The molecule has 1 saturated heterocycles. The zero-order valence-corrected chi connectivity index (χ0v) is 20.0. The van der Waals surface area contributed by atoms with E-state index in [-0.39, 0.29) is 12.5 Å². The van der Waals surface area contributed by atoms with Crippen LogP contribution in [0.4, 0.5) is 4.79 Å². The Morgan fingerprint density at radius 3 is 2.29 bits per heavy atom. The molecule has 4 amide bonds. The number of carbonyl (C=O) groups excluding carboxylic acids is 3. The van der Waals surface area contributed by atoms with Crippen molar-refractivity contribution in [2.45, 2.75) is 43.7 Å². The monoisotopic (exact) mass is 469 g/mol. The third-order valence-electron chi connectivity index (χ3n) is 6.91. The highest BCUT2D eigenvalue weighted by molar-refractivity contribution is 6.09. The smallest absolute Gasteiger partial charge is 0.327 e. The molecule has 1 aliphatic heterocycles. The minimum absolute atomic E-state index is 0.286. The fourth-order valence-electron chi connectivity index (χ4n) is 4.97. The van der Waals surface area contributed by atoms with Gasteiger partial charge < -0.3 is 24.3 Å². The summed E-state index contributed by atoms with van der Waals surface area (Å²) in [5.74, 6) is 0.968. The predicted octanol–water partition coefficient (Wildman–Crippen LogP) is 2.24. The van der Waals surface area contributed by atoms with E-state index in [4.69, 9.17) is 9.47 Å². The Kier molecular flexibility index (Phi) is 6.49. The Labute approximate surface area is 198 Å². The van der Waals surface area contributed by atoms with Gasteiger partial charge in [-0.25, -0.2) is 9.78 Å². The van der Waals surface area contributed by atoms with Crippen LogP contribution in [0.1, 0.15) is 49.5 Å². The number of amides is 4. The molecule has 1 spiro atoms. The Hall–Kier alpha value is -3.56. The van der Waals surface area contributed by atoms with E-state index in [0.717, 1.165) is 24.2 Å². The standard InChI is InChI=1S/C24H31N5O5/c1-27-11-10-25-21(27)20(16-12-17(33-3)14-18(13-16)34-4)26-19(30)15-29-22(31)24(28(2)23(29)32)8-6-5-7-9-24/h10-14,20H,5-9,15H2,1-4H3,(H,26,30). The van der Waals surface area contributed by atoms with Gasteiger partial charge in [0.15, 0.2) is 0 Å². The molecule has 1 N–H and O–H groups in total. The van der Waals surface area contributed by atoms with E-state index in [0.29, 0.717) is 35.7 Å².